The maximum Gasteiger partial charge on any atom is 0.201 e. The average Bonchev–Trinajstić information content (AvgIpc) is 2.80. The predicted molar refractivity (Wildman–Crippen MR) is 116 cm³/mol. The highest BCUT2D eigenvalue weighted by Crippen LogP contribution is 2.47. The molecule has 4 heteroatoms. The molecule has 4 atom stereocenters. The Morgan fingerprint density at radius 2 is 1.61 bits per heavy atom. The van der Waals surface area contributed by atoms with Crippen LogP contribution in [0.15, 0.2) is 43.0 Å². The first-order valence-electron chi connectivity index (χ1n) is 11.0. The van der Waals surface area contributed by atoms with Crippen LogP contribution >= 0.6 is 0 Å². The molecule has 2 aromatic rings. The fraction of sp³-hybridized carbons (Fsp3) is 0.407. The van der Waals surface area contributed by atoms with Crippen LogP contribution in [0.2, 0.25) is 0 Å². The van der Waals surface area contributed by atoms with Gasteiger partial charge in [-0.25, -0.2) is 8.78 Å². The average molecular weight is 425 g/mol. The van der Waals surface area contributed by atoms with E-state index in [1.807, 2.05) is 6.07 Å². The lowest BCUT2D eigenvalue weighted by Gasteiger charge is -2.41. The number of fused-ring (bicyclic) bond motifs is 1. The van der Waals surface area contributed by atoms with E-state index in [1.54, 1.807) is 12.1 Å². The first-order chi connectivity index (χ1) is 15.0. The molecule has 2 fully saturated rings. The van der Waals surface area contributed by atoms with Crippen molar-refractivity contribution in [2.24, 2.45) is 17.8 Å². The van der Waals surface area contributed by atoms with Gasteiger partial charge in [-0.15, -0.1) is 6.58 Å². The van der Waals surface area contributed by atoms with E-state index in [2.05, 4.69) is 24.5 Å². The van der Waals surface area contributed by atoms with Gasteiger partial charge in [0.25, 0.3) is 0 Å². The Bertz CT molecular complexity index is 1030. The second kappa shape index (κ2) is 9.22. The quantitative estimate of drug-likeness (QED) is 0.381. The molecule has 2 aromatic carbocycles. The molecule has 0 bridgehead atoms. The van der Waals surface area contributed by atoms with Crippen molar-refractivity contribution in [2.45, 2.75) is 44.4 Å². The number of allylic oxidation sites excluding steroid dienone is 1. The van der Waals surface area contributed by atoms with Gasteiger partial charge < -0.3 is 4.74 Å². The molecular formula is C27H27F3O. The minimum atomic E-state index is -1.09. The summed E-state index contributed by atoms with van der Waals surface area (Å²) in [7, 11) is 1.26. The van der Waals surface area contributed by atoms with Crippen molar-refractivity contribution in [2.75, 3.05) is 7.11 Å². The molecule has 0 amide bonds. The van der Waals surface area contributed by atoms with Crippen molar-refractivity contribution in [1.82, 2.24) is 0 Å². The van der Waals surface area contributed by atoms with Crippen molar-refractivity contribution in [3.8, 4) is 17.6 Å². The summed E-state index contributed by atoms with van der Waals surface area (Å²) in [5.41, 5.74) is 1.06. The van der Waals surface area contributed by atoms with E-state index in [-0.39, 0.29) is 16.9 Å². The van der Waals surface area contributed by atoms with E-state index in [1.165, 1.54) is 44.9 Å². The van der Waals surface area contributed by atoms with Crippen molar-refractivity contribution in [3.05, 3.63) is 77.1 Å². The van der Waals surface area contributed by atoms with E-state index >= 15 is 0 Å². The van der Waals surface area contributed by atoms with Gasteiger partial charge in [-0.05, 0) is 92.0 Å². The zero-order chi connectivity index (χ0) is 22.0. The molecule has 2 aliphatic carbocycles. The maximum atomic E-state index is 14.7. The monoisotopic (exact) mass is 424 g/mol. The van der Waals surface area contributed by atoms with Crippen LogP contribution in [0.4, 0.5) is 13.2 Å². The lowest BCUT2D eigenvalue weighted by atomic mass is 9.64. The van der Waals surface area contributed by atoms with E-state index in [0.717, 1.165) is 24.3 Å². The van der Waals surface area contributed by atoms with E-state index in [4.69, 9.17) is 4.74 Å². The van der Waals surface area contributed by atoms with Crippen LogP contribution in [0.5, 0.6) is 5.75 Å². The fourth-order valence-electron chi connectivity index (χ4n) is 5.25. The molecular weight excluding hydrogens is 397 g/mol. The van der Waals surface area contributed by atoms with Crippen LogP contribution in [0.25, 0.3) is 0 Å². The summed E-state index contributed by atoms with van der Waals surface area (Å²) in [6.45, 7) is 3.96. The van der Waals surface area contributed by atoms with Crippen LogP contribution in [-0.4, -0.2) is 7.11 Å². The number of benzene rings is 2. The van der Waals surface area contributed by atoms with Crippen LogP contribution in [0.3, 0.4) is 0 Å². The fourth-order valence-corrected chi connectivity index (χ4v) is 5.25. The summed E-state index contributed by atoms with van der Waals surface area (Å²) in [5, 5.41) is 0. The molecule has 0 radical (unpaired) electrons. The molecule has 0 saturated heterocycles. The summed E-state index contributed by atoms with van der Waals surface area (Å²) in [4.78, 5) is 0. The second-order valence-electron chi connectivity index (χ2n) is 8.77. The zero-order valence-corrected chi connectivity index (χ0v) is 17.8. The Morgan fingerprint density at radius 3 is 2.35 bits per heavy atom. The van der Waals surface area contributed by atoms with Gasteiger partial charge in [-0.1, -0.05) is 24.0 Å². The van der Waals surface area contributed by atoms with Crippen molar-refractivity contribution >= 4 is 0 Å². The summed E-state index contributed by atoms with van der Waals surface area (Å²) in [6, 6.07) is 7.78. The van der Waals surface area contributed by atoms with Gasteiger partial charge in [-0.3, -0.25) is 0 Å². The van der Waals surface area contributed by atoms with Gasteiger partial charge in [0.05, 0.1) is 18.2 Å². The Labute approximate surface area is 182 Å². The first-order valence-corrected chi connectivity index (χ1v) is 11.0. The van der Waals surface area contributed by atoms with E-state index in [9.17, 15) is 13.2 Å². The summed E-state index contributed by atoms with van der Waals surface area (Å²) >= 11 is 0. The second-order valence-corrected chi connectivity index (χ2v) is 8.77. The molecule has 31 heavy (non-hydrogen) atoms. The molecule has 4 unspecified atom stereocenters. The molecule has 2 saturated carbocycles. The van der Waals surface area contributed by atoms with Crippen LogP contribution in [0.1, 0.15) is 61.1 Å². The smallest absolute Gasteiger partial charge is 0.201 e. The number of ether oxygens (including phenoxy) is 1. The molecule has 162 valence electrons. The van der Waals surface area contributed by atoms with Gasteiger partial charge in [0.2, 0.25) is 5.82 Å². The molecule has 0 aliphatic heterocycles. The molecule has 2 aliphatic rings. The van der Waals surface area contributed by atoms with E-state index < -0.39 is 17.5 Å². The largest absolute Gasteiger partial charge is 0.494 e. The number of hydrogen-bond donors (Lipinski definition) is 0. The predicted octanol–water partition coefficient (Wildman–Crippen LogP) is 7.00. The van der Waals surface area contributed by atoms with Crippen molar-refractivity contribution in [1.29, 1.82) is 0 Å². The van der Waals surface area contributed by atoms with Gasteiger partial charge in [0.1, 0.15) is 5.82 Å². The Hall–Kier alpha value is -2.67. The topological polar surface area (TPSA) is 9.23 Å². The van der Waals surface area contributed by atoms with E-state index in [0.29, 0.717) is 17.8 Å². The molecule has 0 aromatic heterocycles. The highest BCUT2D eigenvalue weighted by molar-refractivity contribution is 5.47. The van der Waals surface area contributed by atoms with Crippen LogP contribution in [0, 0.1) is 47.0 Å². The van der Waals surface area contributed by atoms with Crippen LogP contribution < -0.4 is 4.74 Å². The number of hydrogen-bond acceptors (Lipinski definition) is 1. The third kappa shape index (κ3) is 4.51. The highest BCUT2D eigenvalue weighted by Gasteiger charge is 2.35. The standard InChI is InChI=1S/C27H27F3O/c1-3-17-4-5-21-15-22(11-10-20(21)14-17)23-9-7-18(24(28)16-23)6-8-19-12-13-25(31-2)27(30)26(19)29/h3,7,9,12-13,16-17,20-22H,1,4-5,10-11,14-15H2,2H3. The Kier molecular flexibility index (Phi) is 6.41. The normalized spacial score (nSPS) is 25.2. The first kappa shape index (κ1) is 21.6. The molecule has 1 nitrogen and oxygen atoms in total. The minimum Gasteiger partial charge on any atom is -0.494 e. The highest BCUT2D eigenvalue weighted by atomic mass is 19.2. The third-order valence-electron chi connectivity index (χ3n) is 7.05. The Morgan fingerprint density at radius 1 is 0.903 bits per heavy atom. The Balaban J connectivity index is 1.48. The van der Waals surface area contributed by atoms with Gasteiger partial charge >= 0.3 is 0 Å². The summed E-state index contributed by atoms with van der Waals surface area (Å²) in [6.07, 6.45) is 9.15. The number of halogens is 3. The summed E-state index contributed by atoms with van der Waals surface area (Å²) < 4.78 is 47.4. The van der Waals surface area contributed by atoms with Crippen molar-refractivity contribution in [3.63, 3.8) is 0 Å². The van der Waals surface area contributed by atoms with Gasteiger partial charge in [0, 0.05) is 0 Å². The third-order valence-corrected chi connectivity index (χ3v) is 7.05. The number of methoxy groups -OCH3 is 1. The summed E-state index contributed by atoms with van der Waals surface area (Å²) in [5.74, 6) is 4.88. The van der Waals surface area contributed by atoms with Gasteiger partial charge in [0.15, 0.2) is 11.6 Å². The lowest BCUT2D eigenvalue weighted by molar-refractivity contribution is 0.133. The molecule has 0 spiro atoms. The zero-order valence-electron chi connectivity index (χ0n) is 17.8. The van der Waals surface area contributed by atoms with Gasteiger partial charge in [-0.2, -0.15) is 4.39 Å². The maximum absolute atomic E-state index is 14.7. The number of rotatable bonds is 3. The minimum absolute atomic E-state index is 0.129. The lowest BCUT2D eigenvalue weighted by Crippen LogP contribution is -2.30. The van der Waals surface area contributed by atoms with Crippen LogP contribution in [-0.2, 0) is 0 Å². The van der Waals surface area contributed by atoms with Crippen molar-refractivity contribution < 1.29 is 17.9 Å². The molecule has 0 heterocycles. The molecule has 0 N–H and O–H groups in total. The molecule has 4 rings (SSSR count). The SMILES string of the molecule is C=CC1CCC2CC(c3ccc(C#Cc4ccc(OC)c(F)c4F)c(F)c3)CCC2C1.